The quantitative estimate of drug-likeness (QED) is 0.575. The highest BCUT2D eigenvalue weighted by atomic mass is 35.5. The summed E-state index contributed by atoms with van der Waals surface area (Å²) in [7, 11) is 0. The van der Waals surface area contributed by atoms with E-state index in [1.807, 2.05) is 0 Å². The van der Waals surface area contributed by atoms with Crippen LogP contribution in [0.15, 0.2) is 30.3 Å². The molecule has 3 aromatic rings. The average Bonchev–Trinajstić information content (AvgIpc) is 2.42. The summed E-state index contributed by atoms with van der Waals surface area (Å²) in [5, 5.41) is 1.29. The molecule has 0 spiro atoms. The maximum absolute atomic E-state index is 13.9. The molecule has 21 heavy (non-hydrogen) atoms. The lowest BCUT2D eigenvalue weighted by atomic mass is 10.1. The van der Waals surface area contributed by atoms with Gasteiger partial charge in [-0.1, -0.05) is 23.2 Å². The lowest BCUT2D eigenvalue weighted by Crippen LogP contribution is -1.96. The summed E-state index contributed by atoms with van der Waals surface area (Å²) in [6.07, 6.45) is 0. The third kappa shape index (κ3) is 2.57. The number of fused-ring (bicyclic) bond motifs is 1. The summed E-state index contributed by atoms with van der Waals surface area (Å²) in [5.74, 6) is -1.27. The molecular weight excluding hydrogens is 317 g/mol. The van der Waals surface area contributed by atoms with E-state index in [1.54, 1.807) is 18.2 Å². The third-order valence-corrected chi connectivity index (χ3v) is 3.62. The van der Waals surface area contributed by atoms with E-state index < -0.39 is 11.6 Å². The third-order valence-electron chi connectivity index (χ3n) is 3.10. The minimum absolute atomic E-state index is 0.0929. The van der Waals surface area contributed by atoms with Gasteiger partial charge in [-0.2, -0.15) is 0 Å². The minimum atomic E-state index is -0.740. The first-order chi connectivity index (χ1) is 9.95. The lowest BCUT2D eigenvalue weighted by Gasteiger charge is -2.07. The number of nitrogens with zero attached hydrogens (tertiary/aromatic N) is 2. The zero-order chi connectivity index (χ0) is 15.1. The molecule has 0 aliphatic carbocycles. The Morgan fingerprint density at radius 2 is 1.71 bits per heavy atom. The first-order valence-corrected chi connectivity index (χ1v) is 6.80. The van der Waals surface area contributed by atoms with Crippen molar-refractivity contribution in [1.29, 1.82) is 0 Å². The van der Waals surface area contributed by atoms with Crippen LogP contribution < -0.4 is 0 Å². The predicted molar refractivity (Wildman–Crippen MR) is 79.6 cm³/mol. The van der Waals surface area contributed by atoms with Crippen molar-refractivity contribution >= 4 is 34.1 Å². The van der Waals surface area contributed by atoms with Gasteiger partial charge in [0, 0.05) is 16.5 Å². The Hall–Kier alpha value is -1.78. The van der Waals surface area contributed by atoms with Crippen LogP contribution in [0.1, 0.15) is 5.56 Å². The molecule has 0 unspecified atom stereocenters. The second-order valence-corrected chi connectivity index (χ2v) is 5.38. The van der Waals surface area contributed by atoms with Crippen LogP contribution >= 0.6 is 23.2 Å². The average molecular weight is 325 g/mol. The molecule has 0 N–H and O–H groups in total. The minimum Gasteiger partial charge on any atom is -0.228 e. The standard InChI is InChI=1S/C15H8Cl2F2N2/c1-7-4-10(12(19)6-11(7)18)15-20-13-5-8(16)2-3-9(13)14(17)21-15/h2-6H,1H3. The van der Waals surface area contributed by atoms with Crippen LogP contribution in [0.25, 0.3) is 22.3 Å². The van der Waals surface area contributed by atoms with Gasteiger partial charge in [0.25, 0.3) is 0 Å². The Bertz CT molecular complexity index is 866. The van der Waals surface area contributed by atoms with Crippen LogP contribution in [0.2, 0.25) is 10.2 Å². The normalized spacial score (nSPS) is 11.1. The van der Waals surface area contributed by atoms with Crippen LogP contribution in [0.3, 0.4) is 0 Å². The number of halogens is 4. The molecule has 2 aromatic carbocycles. The topological polar surface area (TPSA) is 25.8 Å². The van der Waals surface area contributed by atoms with Crippen molar-refractivity contribution in [3.8, 4) is 11.4 Å². The van der Waals surface area contributed by atoms with E-state index >= 15 is 0 Å². The maximum atomic E-state index is 13.9. The Morgan fingerprint density at radius 3 is 2.48 bits per heavy atom. The highest BCUT2D eigenvalue weighted by molar-refractivity contribution is 6.35. The molecule has 6 heteroatoms. The molecule has 1 heterocycles. The second-order valence-electron chi connectivity index (χ2n) is 4.58. The first kappa shape index (κ1) is 14.2. The molecule has 0 saturated heterocycles. The van der Waals surface area contributed by atoms with Crippen molar-refractivity contribution in [2.75, 3.05) is 0 Å². The van der Waals surface area contributed by atoms with Crippen LogP contribution in [-0.2, 0) is 0 Å². The van der Waals surface area contributed by atoms with Crippen molar-refractivity contribution in [2.24, 2.45) is 0 Å². The molecule has 0 amide bonds. The summed E-state index contributed by atoms with van der Waals surface area (Å²) in [6.45, 7) is 1.54. The first-order valence-electron chi connectivity index (χ1n) is 6.04. The fourth-order valence-corrected chi connectivity index (χ4v) is 2.42. The Labute approximate surface area is 129 Å². The van der Waals surface area contributed by atoms with Gasteiger partial charge in [-0.05, 0) is 36.8 Å². The van der Waals surface area contributed by atoms with Crippen molar-refractivity contribution in [3.05, 3.63) is 57.7 Å². The molecular formula is C15H8Cl2F2N2. The Kier molecular flexibility index (Phi) is 3.51. The molecule has 0 bridgehead atoms. The van der Waals surface area contributed by atoms with E-state index in [0.29, 0.717) is 21.5 Å². The van der Waals surface area contributed by atoms with Gasteiger partial charge < -0.3 is 0 Å². The number of aromatic nitrogens is 2. The molecule has 0 fully saturated rings. The molecule has 0 atom stereocenters. The number of hydrogen-bond acceptors (Lipinski definition) is 2. The van der Waals surface area contributed by atoms with Gasteiger partial charge in [0.2, 0.25) is 0 Å². The van der Waals surface area contributed by atoms with Crippen molar-refractivity contribution in [3.63, 3.8) is 0 Å². The van der Waals surface area contributed by atoms with Crippen molar-refractivity contribution in [1.82, 2.24) is 9.97 Å². The summed E-state index contributed by atoms with van der Waals surface area (Å²) in [5.41, 5.74) is 0.897. The Balaban J connectivity index is 2.28. The molecule has 0 aliphatic heterocycles. The fourth-order valence-electron chi connectivity index (χ4n) is 2.01. The molecule has 0 radical (unpaired) electrons. The van der Waals surface area contributed by atoms with Crippen LogP contribution in [0.5, 0.6) is 0 Å². The largest absolute Gasteiger partial charge is 0.228 e. The van der Waals surface area contributed by atoms with Gasteiger partial charge in [-0.3, -0.25) is 0 Å². The van der Waals surface area contributed by atoms with E-state index in [9.17, 15) is 8.78 Å². The zero-order valence-corrected chi connectivity index (χ0v) is 12.3. The van der Waals surface area contributed by atoms with Gasteiger partial charge >= 0.3 is 0 Å². The van der Waals surface area contributed by atoms with Gasteiger partial charge in [-0.15, -0.1) is 0 Å². The van der Waals surface area contributed by atoms with Crippen LogP contribution in [-0.4, -0.2) is 9.97 Å². The summed E-state index contributed by atoms with van der Waals surface area (Å²) >= 11 is 12.0. The SMILES string of the molecule is Cc1cc(-c2nc(Cl)c3ccc(Cl)cc3n2)c(F)cc1F. The van der Waals surface area contributed by atoms with Gasteiger partial charge in [0.1, 0.15) is 16.8 Å². The van der Waals surface area contributed by atoms with E-state index in [-0.39, 0.29) is 16.5 Å². The number of hydrogen-bond donors (Lipinski definition) is 0. The van der Waals surface area contributed by atoms with Crippen molar-refractivity contribution < 1.29 is 8.78 Å². The molecule has 2 nitrogen and oxygen atoms in total. The van der Waals surface area contributed by atoms with Gasteiger partial charge in [0.05, 0.1) is 11.1 Å². The second kappa shape index (κ2) is 5.20. The fraction of sp³-hybridized carbons (Fsp3) is 0.0667. The monoisotopic (exact) mass is 324 g/mol. The number of benzene rings is 2. The molecule has 106 valence electrons. The van der Waals surface area contributed by atoms with Gasteiger partial charge in [-0.25, -0.2) is 18.7 Å². The van der Waals surface area contributed by atoms with E-state index in [1.165, 1.54) is 13.0 Å². The van der Waals surface area contributed by atoms with Crippen LogP contribution in [0, 0.1) is 18.6 Å². The van der Waals surface area contributed by atoms with E-state index in [0.717, 1.165) is 6.07 Å². The molecule has 0 saturated carbocycles. The summed E-state index contributed by atoms with van der Waals surface area (Å²) in [4.78, 5) is 8.34. The molecule has 3 rings (SSSR count). The van der Waals surface area contributed by atoms with Crippen molar-refractivity contribution in [2.45, 2.75) is 6.92 Å². The van der Waals surface area contributed by atoms with Crippen LogP contribution in [0.4, 0.5) is 8.78 Å². The number of rotatable bonds is 1. The van der Waals surface area contributed by atoms with Gasteiger partial charge in [0.15, 0.2) is 5.82 Å². The maximum Gasteiger partial charge on any atom is 0.164 e. The molecule has 1 aromatic heterocycles. The van der Waals surface area contributed by atoms with E-state index in [2.05, 4.69) is 9.97 Å². The Morgan fingerprint density at radius 1 is 0.952 bits per heavy atom. The highest BCUT2D eigenvalue weighted by Gasteiger charge is 2.14. The molecule has 0 aliphatic rings. The van der Waals surface area contributed by atoms with E-state index in [4.69, 9.17) is 23.2 Å². The number of aryl methyl sites for hydroxylation is 1. The lowest BCUT2D eigenvalue weighted by molar-refractivity contribution is 0.579. The smallest absolute Gasteiger partial charge is 0.164 e. The predicted octanol–water partition coefficient (Wildman–Crippen LogP) is 5.19. The zero-order valence-electron chi connectivity index (χ0n) is 10.8. The summed E-state index contributed by atoms with van der Waals surface area (Å²) in [6, 6.07) is 7.14. The highest BCUT2D eigenvalue weighted by Crippen LogP contribution is 2.29. The summed E-state index contributed by atoms with van der Waals surface area (Å²) < 4.78 is 27.3.